The summed E-state index contributed by atoms with van der Waals surface area (Å²) in [6, 6.07) is 52.3. The molecule has 2 heterocycles. The van der Waals surface area contributed by atoms with E-state index in [2.05, 4.69) is 147 Å². The third-order valence-corrected chi connectivity index (χ3v) is 9.07. The third-order valence-electron chi connectivity index (χ3n) is 9.07. The van der Waals surface area contributed by atoms with E-state index in [0.717, 1.165) is 22.5 Å². The van der Waals surface area contributed by atoms with Gasteiger partial charge in [0, 0.05) is 23.5 Å². The van der Waals surface area contributed by atoms with Crippen molar-refractivity contribution >= 4 is 21.5 Å². The molecule has 8 rings (SSSR count). The third kappa shape index (κ3) is 4.85. The van der Waals surface area contributed by atoms with Gasteiger partial charge in [-0.15, -0.1) is 0 Å². The maximum Gasteiger partial charge on any atom is 0.0704 e. The van der Waals surface area contributed by atoms with Gasteiger partial charge in [-0.05, 0) is 122 Å². The van der Waals surface area contributed by atoms with Crippen LogP contribution in [-0.4, -0.2) is 9.97 Å². The molecule has 0 fully saturated rings. The molecule has 0 bridgehead atoms. The molecule has 0 atom stereocenters. The van der Waals surface area contributed by atoms with Crippen molar-refractivity contribution in [2.24, 2.45) is 0 Å². The SMILES string of the molecule is Cc1ccc(-c2c3ccccc3c(-c3ccc(C)c(-c4ccccn4)c3)c3cc(-c4ccccc4)ccc23)cc1-c1ccccn1. The lowest BCUT2D eigenvalue weighted by atomic mass is 9.83. The summed E-state index contributed by atoms with van der Waals surface area (Å²) in [4.78, 5) is 9.42. The molecular weight excluding hydrogens is 556 g/mol. The van der Waals surface area contributed by atoms with Crippen molar-refractivity contribution < 1.29 is 0 Å². The molecule has 0 saturated heterocycles. The number of aromatic nitrogens is 2. The first-order valence-electron chi connectivity index (χ1n) is 15.7. The van der Waals surface area contributed by atoms with E-state index in [1.54, 1.807) is 0 Å². The Labute approximate surface area is 269 Å². The van der Waals surface area contributed by atoms with Gasteiger partial charge in [0.25, 0.3) is 0 Å². The summed E-state index contributed by atoms with van der Waals surface area (Å²) in [6.45, 7) is 4.33. The van der Waals surface area contributed by atoms with Crippen molar-refractivity contribution in [3.63, 3.8) is 0 Å². The Morgan fingerprint density at radius 3 is 1.37 bits per heavy atom. The van der Waals surface area contributed by atoms with Crippen molar-refractivity contribution in [3.8, 4) is 55.9 Å². The van der Waals surface area contributed by atoms with Crippen LogP contribution >= 0.6 is 0 Å². The van der Waals surface area contributed by atoms with Crippen LogP contribution < -0.4 is 0 Å². The zero-order valence-electron chi connectivity index (χ0n) is 25.9. The molecule has 46 heavy (non-hydrogen) atoms. The predicted molar refractivity (Wildman–Crippen MR) is 194 cm³/mol. The van der Waals surface area contributed by atoms with Crippen LogP contribution in [-0.2, 0) is 0 Å². The Bertz CT molecular complexity index is 2360. The Balaban J connectivity index is 1.47. The number of benzene rings is 6. The summed E-state index contributed by atoms with van der Waals surface area (Å²) < 4.78 is 0. The molecule has 0 spiro atoms. The summed E-state index contributed by atoms with van der Waals surface area (Å²) in [5.41, 5.74) is 13.9. The molecule has 0 saturated carbocycles. The minimum atomic E-state index is 0.985. The number of hydrogen-bond acceptors (Lipinski definition) is 2. The number of pyridine rings is 2. The Morgan fingerprint density at radius 1 is 0.348 bits per heavy atom. The van der Waals surface area contributed by atoms with Gasteiger partial charge in [-0.3, -0.25) is 9.97 Å². The van der Waals surface area contributed by atoms with Crippen molar-refractivity contribution in [2.45, 2.75) is 13.8 Å². The summed E-state index contributed by atoms with van der Waals surface area (Å²) >= 11 is 0. The predicted octanol–water partition coefficient (Wildman–Crippen LogP) is 11.7. The zero-order valence-corrected chi connectivity index (χ0v) is 25.9. The topological polar surface area (TPSA) is 25.8 Å². The molecule has 0 aliphatic rings. The van der Waals surface area contributed by atoms with Crippen LogP contribution in [0.15, 0.2) is 158 Å². The van der Waals surface area contributed by atoms with Crippen LogP contribution in [0.4, 0.5) is 0 Å². The first-order chi connectivity index (χ1) is 22.7. The highest BCUT2D eigenvalue weighted by atomic mass is 14.7. The minimum Gasteiger partial charge on any atom is -0.256 e. The van der Waals surface area contributed by atoms with Gasteiger partial charge in [0.2, 0.25) is 0 Å². The molecule has 0 unspecified atom stereocenters. The Kier molecular flexibility index (Phi) is 6.96. The molecule has 2 heteroatoms. The zero-order chi connectivity index (χ0) is 31.0. The quantitative estimate of drug-likeness (QED) is 0.187. The van der Waals surface area contributed by atoms with Crippen molar-refractivity contribution in [1.82, 2.24) is 9.97 Å². The van der Waals surface area contributed by atoms with E-state index in [4.69, 9.17) is 9.97 Å². The van der Waals surface area contributed by atoms with Crippen molar-refractivity contribution in [1.29, 1.82) is 0 Å². The second kappa shape index (κ2) is 11.6. The number of rotatable bonds is 5. The molecule has 8 aromatic rings. The molecule has 218 valence electrons. The van der Waals surface area contributed by atoms with Gasteiger partial charge >= 0.3 is 0 Å². The number of aryl methyl sites for hydroxylation is 2. The average molecular weight is 589 g/mol. The standard InChI is InChI=1S/C44H32N2/c1-29-18-20-33(27-38(29)41-16-8-10-24-45-41)43-35-14-6-7-15-36(35)44(34-21-19-30(2)39(28-34)42-17-9-11-25-46-42)40-26-32(22-23-37(40)43)31-12-4-3-5-13-31/h3-28H,1-2H3. The highest BCUT2D eigenvalue weighted by Gasteiger charge is 2.19. The first kappa shape index (κ1) is 27.7. The summed E-state index contributed by atoms with van der Waals surface area (Å²) in [7, 11) is 0. The highest BCUT2D eigenvalue weighted by Crippen LogP contribution is 2.46. The molecule has 6 aromatic carbocycles. The maximum absolute atomic E-state index is 4.71. The number of nitrogens with zero attached hydrogens (tertiary/aromatic N) is 2. The van der Waals surface area contributed by atoms with Gasteiger partial charge in [-0.2, -0.15) is 0 Å². The van der Waals surface area contributed by atoms with Gasteiger partial charge in [0.15, 0.2) is 0 Å². The van der Waals surface area contributed by atoms with E-state index >= 15 is 0 Å². The average Bonchev–Trinajstić information content (AvgIpc) is 3.12. The van der Waals surface area contributed by atoms with E-state index in [1.165, 1.54) is 66.1 Å². The van der Waals surface area contributed by atoms with E-state index < -0.39 is 0 Å². The highest BCUT2D eigenvalue weighted by molar-refractivity contribution is 6.22. The molecular formula is C44H32N2. The minimum absolute atomic E-state index is 0.985. The van der Waals surface area contributed by atoms with Crippen LogP contribution in [0, 0.1) is 13.8 Å². The molecule has 0 aliphatic carbocycles. The fraction of sp³-hybridized carbons (Fsp3) is 0.0455. The molecule has 0 radical (unpaired) electrons. The molecule has 0 amide bonds. The summed E-state index contributed by atoms with van der Waals surface area (Å²) in [5, 5.41) is 4.91. The molecule has 0 aliphatic heterocycles. The van der Waals surface area contributed by atoms with Crippen LogP contribution in [0.2, 0.25) is 0 Å². The monoisotopic (exact) mass is 588 g/mol. The molecule has 2 aromatic heterocycles. The maximum atomic E-state index is 4.71. The summed E-state index contributed by atoms with van der Waals surface area (Å²) in [6.07, 6.45) is 3.74. The first-order valence-corrected chi connectivity index (χ1v) is 15.7. The van der Waals surface area contributed by atoms with Gasteiger partial charge in [0.05, 0.1) is 11.4 Å². The van der Waals surface area contributed by atoms with E-state index in [9.17, 15) is 0 Å². The van der Waals surface area contributed by atoms with E-state index in [1.807, 2.05) is 24.5 Å². The Morgan fingerprint density at radius 2 is 0.826 bits per heavy atom. The lowest BCUT2D eigenvalue weighted by Gasteiger charge is -2.20. The number of hydrogen-bond donors (Lipinski definition) is 0. The van der Waals surface area contributed by atoms with Crippen LogP contribution in [0.1, 0.15) is 11.1 Å². The molecule has 0 N–H and O–H groups in total. The van der Waals surface area contributed by atoms with E-state index in [-0.39, 0.29) is 0 Å². The van der Waals surface area contributed by atoms with E-state index in [0.29, 0.717) is 0 Å². The fourth-order valence-electron chi connectivity index (χ4n) is 6.76. The van der Waals surface area contributed by atoms with Crippen LogP contribution in [0.3, 0.4) is 0 Å². The van der Waals surface area contributed by atoms with Crippen LogP contribution in [0.25, 0.3) is 77.4 Å². The van der Waals surface area contributed by atoms with Crippen LogP contribution in [0.5, 0.6) is 0 Å². The fourth-order valence-corrected chi connectivity index (χ4v) is 6.76. The van der Waals surface area contributed by atoms with Gasteiger partial charge < -0.3 is 0 Å². The second-order valence-corrected chi connectivity index (χ2v) is 11.9. The number of fused-ring (bicyclic) bond motifs is 2. The smallest absolute Gasteiger partial charge is 0.0704 e. The van der Waals surface area contributed by atoms with Gasteiger partial charge in [-0.1, -0.05) is 103 Å². The lowest BCUT2D eigenvalue weighted by molar-refractivity contribution is 1.31. The second-order valence-electron chi connectivity index (χ2n) is 11.9. The molecule has 2 nitrogen and oxygen atoms in total. The normalized spacial score (nSPS) is 11.3. The lowest BCUT2D eigenvalue weighted by Crippen LogP contribution is -1.94. The Hall–Kier alpha value is -5.86. The summed E-state index contributed by atoms with van der Waals surface area (Å²) in [5.74, 6) is 0. The van der Waals surface area contributed by atoms with Crippen molar-refractivity contribution in [3.05, 3.63) is 169 Å². The van der Waals surface area contributed by atoms with Gasteiger partial charge in [0.1, 0.15) is 0 Å². The van der Waals surface area contributed by atoms with Gasteiger partial charge in [-0.25, -0.2) is 0 Å². The van der Waals surface area contributed by atoms with Crippen molar-refractivity contribution in [2.75, 3.05) is 0 Å². The largest absolute Gasteiger partial charge is 0.256 e.